The third kappa shape index (κ3) is 5.74. The molecular formula is C36H28O2SiV. The summed E-state index contributed by atoms with van der Waals surface area (Å²) >= 11 is 1.06. The van der Waals surface area contributed by atoms with E-state index in [2.05, 4.69) is 146 Å². The molecule has 0 heterocycles. The van der Waals surface area contributed by atoms with Gasteiger partial charge in [-0.05, 0) is 48.9 Å². The van der Waals surface area contributed by atoms with Crippen LogP contribution < -0.4 is 15.6 Å². The molecule has 2 nitrogen and oxygen atoms in total. The van der Waals surface area contributed by atoms with Crippen molar-refractivity contribution in [1.29, 1.82) is 0 Å². The zero-order chi connectivity index (χ0) is 27.8. The molecule has 0 radical (unpaired) electrons. The molecule has 193 valence electrons. The van der Waals surface area contributed by atoms with E-state index in [0.29, 0.717) is 0 Å². The van der Waals surface area contributed by atoms with E-state index in [0.717, 1.165) is 49.6 Å². The van der Waals surface area contributed by atoms with Gasteiger partial charge in [0.1, 0.15) is 0 Å². The average Bonchev–Trinajstić information content (AvgIpc) is 3.07. The van der Waals surface area contributed by atoms with Gasteiger partial charge in [0.15, 0.2) is 0 Å². The van der Waals surface area contributed by atoms with Crippen molar-refractivity contribution in [3.63, 3.8) is 0 Å². The topological polar surface area (TPSA) is 37.3 Å². The molecule has 6 rings (SSSR count). The molecular weight excluding hydrogens is 543 g/mol. The molecule has 0 bridgehead atoms. The second kappa shape index (κ2) is 12.8. The van der Waals surface area contributed by atoms with Crippen LogP contribution in [0.3, 0.4) is 0 Å². The molecule has 40 heavy (non-hydrogen) atoms. The van der Waals surface area contributed by atoms with Gasteiger partial charge in [-0.2, -0.15) is 0 Å². The van der Waals surface area contributed by atoms with Gasteiger partial charge in [-0.15, -0.1) is 0 Å². The van der Waals surface area contributed by atoms with Crippen LogP contribution in [0.4, 0.5) is 0 Å². The Morgan fingerprint density at radius 2 is 0.525 bits per heavy atom. The van der Waals surface area contributed by atoms with Crippen LogP contribution in [0, 0.1) is 0 Å². The van der Waals surface area contributed by atoms with Crippen LogP contribution in [0.5, 0.6) is 0 Å². The quantitative estimate of drug-likeness (QED) is 0.183. The molecule has 0 saturated carbocycles. The Hall–Kier alpha value is -4.12. The van der Waals surface area contributed by atoms with E-state index in [1.165, 1.54) is 16.7 Å². The first-order valence-corrected chi connectivity index (χ1v) is 15.6. The molecule has 0 aromatic heterocycles. The second-order valence-corrected chi connectivity index (χ2v) is 12.7. The Balaban J connectivity index is 0.00000158. The SMILES string of the molecule is O[Si](c1ccc(-c2ccccc2)cc1)(c1ccc(-c2ccccc2)cc1)c1ccc(-c2ccccc2)cc1.[O]=[V]. The summed E-state index contributed by atoms with van der Waals surface area (Å²) < 4.78 is 8.19. The van der Waals surface area contributed by atoms with Crippen molar-refractivity contribution in [2.75, 3.05) is 0 Å². The first kappa shape index (κ1) is 27.4. The van der Waals surface area contributed by atoms with Crippen LogP contribution in [0.2, 0.25) is 0 Å². The van der Waals surface area contributed by atoms with Gasteiger partial charge in [-0.25, -0.2) is 0 Å². The summed E-state index contributed by atoms with van der Waals surface area (Å²) in [5.74, 6) is 0. The van der Waals surface area contributed by atoms with Gasteiger partial charge in [-0.3, -0.25) is 0 Å². The van der Waals surface area contributed by atoms with Crippen molar-refractivity contribution >= 4 is 23.9 Å². The minimum atomic E-state index is -3.25. The molecule has 0 spiro atoms. The number of benzene rings is 6. The maximum atomic E-state index is 12.6. The fourth-order valence-electron chi connectivity index (χ4n) is 5.10. The summed E-state index contributed by atoms with van der Waals surface area (Å²) in [6.45, 7) is 0. The summed E-state index contributed by atoms with van der Waals surface area (Å²) in [4.78, 5) is 12.6. The van der Waals surface area contributed by atoms with Crippen molar-refractivity contribution in [1.82, 2.24) is 0 Å². The maximum absolute atomic E-state index is 12.6. The Kier molecular flexibility index (Phi) is 8.80. The number of rotatable bonds is 6. The summed E-state index contributed by atoms with van der Waals surface area (Å²) in [6.07, 6.45) is 0. The van der Waals surface area contributed by atoms with Crippen LogP contribution in [-0.2, 0) is 21.0 Å². The molecule has 0 saturated heterocycles. The van der Waals surface area contributed by atoms with Crippen LogP contribution in [0.25, 0.3) is 33.4 Å². The number of hydrogen-bond donors (Lipinski definition) is 1. The van der Waals surface area contributed by atoms with Crippen LogP contribution >= 0.6 is 0 Å². The summed E-state index contributed by atoms with van der Waals surface area (Å²) in [7, 11) is -3.25. The predicted molar refractivity (Wildman–Crippen MR) is 163 cm³/mol. The summed E-state index contributed by atoms with van der Waals surface area (Å²) in [5, 5.41) is 2.91. The van der Waals surface area contributed by atoms with E-state index in [-0.39, 0.29) is 0 Å². The zero-order valence-corrected chi connectivity index (χ0v) is 24.3. The van der Waals surface area contributed by atoms with E-state index in [1.807, 2.05) is 18.2 Å². The van der Waals surface area contributed by atoms with Gasteiger partial charge in [0.2, 0.25) is 0 Å². The van der Waals surface area contributed by atoms with E-state index in [9.17, 15) is 4.80 Å². The molecule has 0 atom stereocenters. The standard InChI is InChI=1S/C36H28OSi.O.V/c37-38(34-22-16-31(17-23-34)28-10-4-1-5-11-28,35-24-18-32(19-25-35)29-12-6-2-7-13-29)36-26-20-33(21-27-36)30-14-8-3-9-15-30;;/h1-27,37H;;. The summed E-state index contributed by atoms with van der Waals surface area (Å²) in [6, 6.07) is 56.4. The Morgan fingerprint density at radius 1 is 0.325 bits per heavy atom. The Bertz CT molecular complexity index is 1440. The third-order valence-electron chi connectivity index (χ3n) is 7.23. The fraction of sp³-hybridized carbons (Fsp3) is 0. The molecule has 0 unspecified atom stereocenters. The van der Waals surface area contributed by atoms with Crippen molar-refractivity contribution in [2.45, 2.75) is 0 Å². The molecule has 0 aliphatic heterocycles. The van der Waals surface area contributed by atoms with Gasteiger partial charge in [-0.1, -0.05) is 164 Å². The van der Waals surface area contributed by atoms with Gasteiger partial charge in [0, 0.05) is 0 Å². The van der Waals surface area contributed by atoms with Gasteiger partial charge >= 0.3 is 21.0 Å². The van der Waals surface area contributed by atoms with Crippen molar-refractivity contribution < 1.29 is 25.8 Å². The molecule has 6 aromatic rings. The normalized spacial score (nSPS) is 10.8. The minimum absolute atomic E-state index is 0.970. The molecule has 0 fully saturated rings. The van der Waals surface area contributed by atoms with Gasteiger partial charge < -0.3 is 4.80 Å². The number of hydrogen-bond acceptors (Lipinski definition) is 2. The van der Waals surface area contributed by atoms with Gasteiger partial charge in [0.05, 0.1) is 0 Å². The fourth-order valence-corrected chi connectivity index (χ4v) is 8.05. The van der Waals surface area contributed by atoms with Gasteiger partial charge in [0.25, 0.3) is 8.32 Å². The molecule has 0 aliphatic carbocycles. The van der Waals surface area contributed by atoms with Crippen LogP contribution in [-0.4, -0.2) is 13.1 Å². The van der Waals surface area contributed by atoms with E-state index in [1.54, 1.807) is 0 Å². The Morgan fingerprint density at radius 3 is 0.750 bits per heavy atom. The second-order valence-electron chi connectivity index (χ2n) is 9.54. The molecule has 6 aromatic carbocycles. The molecule has 0 amide bonds. The Labute approximate surface area is 246 Å². The predicted octanol–water partition coefficient (Wildman–Crippen LogP) is 6.53. The summed E-state index contributed by atoms with van der Waals surface area (Å²) in [5.41, 5.74) is 6.94. The van der Waals surface area contributed by atoms with E-state index >= 15 is 0 Å². The first-order valence-electron chi connectivity index (χ1n) is 13.1. The van der Waals surface area contributed by atoms with Crippen molar-refractivity contribution in [2.24, 2.45) is 0 Å². The average molecular weight is 572 g/mol. The third-order valence-corrected chi connectivity index (χ3v) is 10.7. The monoisotopic (exact) mass is 571 g/mol. The van der Waals surface area contributed by atoms with Crippen molar-refractivity contribution in [3.8, 4) is 33.4 Å². The molecule has 0 aliphatic rings. The van der Waals surface area contributed by atoms with Crippen LogP contribution in [0.1, 0.15) is 0 Å². The van der Waals surface area contributed by atoms with E-state index in [4.69, 9.17) is 3.67 Å². The van der Waals surface area contributed by atoms with Crippen LogP contribution in [0.15, 0.2) is 164 Å². The zero-order valence-electron chi connectivity index (χ0n) is 21.9. The first-order chi connectivity index (χ1) is 19.7. The van der Waals surface area contributed by atoms with Crippen molar-refractivity contribution in [3.05, 3.63) is 164 Å². The molecule has 4 heteroatoms. The van der Waals surface area contributed by atoms with E-state index < -0.39 is 8.32 Å². The molecule has 1 N–H and O–H groups in total.